The van der Waals surface area contributed by atoms with E-state index >= 15 is 0 Å². The van der Waals surface area contributed by atoms with Crippen molar-refractivity contribution >= 4 is 0 Å². The van der Waals surface area contributed by atoms with E-state index < -0.39 is 5.92 Å². The topological polar surface area (TPSA) is 90.9 Å². The van der Waals surface area contributed by atoms with E-state index in [1.54, 1.807) is 29.0 Å². The molecule has 1 atom stereocenters. The first-order valence-electron chi connectivity index (χ1n) is 11.0. The zero-order chi connectivity index (χ0) is 24.3. The third kappa shape index (κ3) is 5.42. The molecule has 0 aliphatic rings. The molecule has 0 amide bonds. The standard InChI is InChI=1S/C24H38N4O4/c1-15(2)21(22-17(4)28(12-10-26(7)8)20(31)14-19(22)30)23-18(29)13-16(3)27(24(23)32)11-9-25(5)6/h13-15,21,29-30H,9-12H2,1-8H3. The minimum Gasteiger partial charge on any atom is -0.507 e. The fourth-order valence-electron chi connectivity index (χ4n) is 4.18. The van der Waals surface area contributed by atoms with Gasteiger partial charge < -0.3 is 29.1 Å². The van der Waals surface area contributed by atoms with Gasteiger partial charge in [0.2, 0.25) is 0 Å². The van der Waals surface area contributed by atoms with Gasteiger partial charge in [0, 0.05) is 55.1 Å². The number of likely N-dealkylation sites (N-methyl/N-ethyl adjacent to an activating group) is 2. The Bertz CT molecular complexity index is 1070. The van der Waals surface area contributed by atoms with Crippen molar-refractivity contribution in [2.24, 2.45) is 5.92 Å². The second-order valence-corrected chi connectivity index (χ2v) is 9.39. The molecule has 0 saturated heterocycles. The molecule has 2 heterocycles. The third-order valence-corrected chi connectivity index (χ3v) is 5.95. The number of nitrogens with zero attached hydrogens (tertiary/aromatic N) is 4. The highest BCUT2D eigenvalue weighted by atomic mass is 16.3. The number of hydrogen-bond acceptors (Lipinski definition) is 6. The molecule has 0 aromatic carbocycles. The van der Waals surface area contributed by atoms with E-state index in [9.17, 15) is 19.8 Å². The molecule has 2 aromatic rings. The second kappa shape index (κ2) is 10.4. The van der Waals surface area contributed by atoms with Gasteiger partial charge >= 0.3 is 0 Å². The van der Waals surface area contributed by atoms with Crippen molar-refractivity contribution in [3.05, 3.63) is 55.4 Å². The van der Waals surface area contributed by atoms with Crippen molar-refractivity contribution in [3.63, 3.8) is 0 Å². The number of aryl methyl sites for hydroxylation is 1. The Kier molecular flexibility index (Phi) is 8.31. The molecule has 8 heteroatoms. The number of aromatic nitrogens is 2. The summed E-state index contributed by atoms with van der Waals surface area (Å²) in [6.07, 6.45) is 0. The van der Waals surface area contributed by atoms with E-state index in [1.165, 1.54) is 6.07 Å². The highest BCUT2D eigenvalue weighted by molar-refractivity contribution is 5.48. The molecule has 178 valence electrons. The summed E-state index contributed by atoms with van der Waals surface area (Å²) in [4.78, 5) is 30.1. The van der Waals surface area contributed by atoms with Gasteiger partial charge in [0.15, 0.2) is 0 Å². The maximum atomic E-state index is 13.6. The summed E-state index contributed by atoms with van der Waals surface area (Å²) >= 11 is 0. The SMILES string of the molecule is Cc1c(C(c2c(O)cc(C)n(CCN(C)C)c2=O)C(C)C)c(O)cc(=O)n1CCN(C)C. The first-order chi connectivity index (χ1) is 14.9. The monoisotopic (exact) mass is 446 g/mol. The molecule has 0 aliphatic carbocycles. The van der Waals surface area contributed by atoms with Gasteiger partial charge in [-0.2, -0.15) is 0 Å². The summed E-state index contributed by atoms with van der Waals surface area (Å²) in [6, 6.07) is 2.82. The highest BCUT2D eigenvalue weighted by Gasteiger charge is 2.31. The summed E-state index contributed by atoms with van der Waals surface area (Å²) < 4.78 is 3.29. The number of pyridine rings is 2. The lowest BCUT2D eigenvalue weighted by Gasteiger charge is -2.27. The zero-order valence-corrected chi connectivity index (χ0v) is 20.6. The summed E-state index contributed by atoms with van der Waals surface area (Å²) in [5.41, 5.74) is 1.49. The molecule has 0 spiro atoms. The lowest BCUT2D eigenvalue weighted by molar-refractivity contribution is 0.371. The molecule has 1 unspecified atom stereocenters. The Hall–Kier alpha value is -2.58. The Labute approximate surface area is 190 Å². The summed E-state index contributed by atoms with van der Waals surface area (Å²) in [6.45, 7) is 9.77. The van der Waals surface area contributed by atoms with Gasteiger partial charge in [0.05, 0.1) is 5.56 Å². The lowest BCUT2D eigenvalue weighted by Crippen LogP contribution is -2.33. The van der Waals surface area contributed by atoms with Gasteiger partial charge in [0.25, 0.3) is 11.1 Å². The average molecular weight is 447 g/mol. The molecule has 0 saturated carbocycles. The maximum absolute atomic E-state index is 13.6. The van der Waals surface area contributed by atoms with Crippen LogP contribution in [-0.4, -0.2) is 70.4 Å². The van der Waals surface area contributed by atoms with E-state index in [1.807, 2.05) is 51.8 Å². The van der Waals surface area contributed by atoms with E-state index in [2.05, 4.69) is 0 Å². The molecular formula is C24H38N4O4. The van der Waals surface area contributed by atoms with Crippen LogP contribution in [0.4, 0.5) is 0 Å². The molecule has 0 aliphatic heterocycles. The second-order valence-electron chi connectivity index (χ2n) is 9.39. The molecule has 2 rings (SSSR count). The van der Waals surface area contributed by atoms with Gasteiger partial charge in [-0.05, 0) is 54.0 Å². The van der Waals surface area contributed by atoms with Crippen LogP contribution >= 0.6 is 0 Å². The average Bonchev–Trinajstić information content (AvgIpc) is 2.65. The van der Waals surface area contributed by atoms with E-state index in [-0.39, 0.29) is 34.1 Å². The van der Waals surface area contributed by atoms with Crippen LogP contribution in [0.2, 0.25) is 0 Å². The molecule has 0 radical (unpaired) electrons. The quantitative estimate of drug-likeness (QED) is 0.612. The smallest absolute Gasteiger partial charge is 0.258 e. The van der Waals surface area contributed by atoms with E-state index in [4.69, 9.17) is 0 Å². The summed E-state index contributed by atoms with van der Waals surface area (Å²) in [5.74, 6) is -0.911. The van der Waals surface area contributed by atoms with Crippen LogP contribution in [0.3, 0.4) is 0 Å². The van der Waals surface area contributed by atoms with Crippen LogP contribution in [0.25, 0.3) is 0 Å². The number of hydrogen-bond donors (Lipinski definition) is 2. The van der Waals surface area contributed by atoms with Crippen molar-refractivity contribution in [1.82, 2.24) is 18.9 Å². The van der Waals surface area contributed by atoms with Crippen LogP contribution in [0, 0.1) is 19.8 Å². The van der Waals surface area contributed by atoms with Crippen LogP contribution in [0.1, 0.15) is 42.3 Å². The van der Waals surface area contributed by atoms with Crippen LogP contribution in [0.5, 0.6) is 11.5 Å². The normalized spacial score (nSPS) is 12.8. The zero-order valence-electron chi connectivity index (χ0n) is 20.6. The summed E-state index contributed by atoms with van der Waals surface area (Å²) in [7, 11) is 7.74. The predicted octanol–water partition coefficient (Wildman–Crippen LogP) is 1.95. The van der Waals surface area contributed by atoms with Gasteiger partial charge in [-0.1, -0.05) is 13.8 Å². The van der Waals surface area contributed by atoms with Gasteiger partial charge in [0.1, 0.15) is 11.5 Å². The van der Waals surface area contributed by atoms with Gasteiger partial charge in [-0.25, -0.2) is 0 Å². The van der Waals surface area contributed by atoms with Crippen molar-refractivity contribution in [1.29, 1.82) is 0 Å². The summed E-state index contributed by atoms with van der Waals surface area (Å²) in [5, 5.41) is 21.7. The van der Waals surface area contributed by atoms with E-state index in [0.717, 1.165) is 0 Å². The molecule has 2 N–H and O–H groups in total. The van der Waals surface area contributed by atoms with Gasteiger partial charge in [-0.3, -0.25) is 9.59 Å². The number of aromatic hydroxyl groups is 2. The van der Waals surface area contributed by atoms with Crippen molar-refractivity contribution in [3.8, 4) is 11.5 Å². The van der Waals surface area contributed by atoms with Gasteiger partial charge in [-0.15, -0.1) is 0 Å². The first-order valence-corrected chi connectivity index (χ1v) is 11.0. The molecule has 8 nitrogen and oxygen atoms in total. The lowest BCUT2D eigenvalue weighted by atomic mass is 9.81. The molecule has 32 heavy (non-hydrogen) atoms. The molecule has 0 bridgehead atoms. The van der Waals surface area contributed by atoms with Crippen LogP contribution < -0.4 is 11.1 Å². The maximum Gasteiger partial charge on any atom is 0.258 e. The fraction of sp³-hybridized carbons (Fsp3) is 0.583. The van der Waals surface area contributed by atoms with Crippen molar-refractivity contribution < 1.29 is 10.2 Å². The fourth-order valence-corrected chi connectivity index (χ4v) is 4.18. The third-order valence-electron chi connectivity index (χ3n) is 5.95. The minimum absolute atomic E-state index is 0.0860. The minimum atomic E-state index is -0.570. The van der Waals surface area contributed by atoms with E-state index in [0.29, 0.717) is 43.1 Å². The molecule has 2 aromatic heterocycles. The van der Waals surface area contributed by atoms with Crippen LogP contribution in [-0.2, 0) is 13.1 Å². The first kappa shape index (κ1) is 25.7. The Morgan fingerprint density at radius 2 is 1.34 bits per heavy atom. The number of rotatable bonds is 9. The molecule has 0 fully saturated rings. The predicted molar refractivity (Wildman–Crippen MR) is 128 cm³/mol. The largest absolute Gasteiger partial charge is 0.507 e. The van der Waals surface area contributed by atoms with Crippen molar-refractivity contribution in [2.45, 2.75) is 46.7 Å². The van der Waals surface area contributed by atoms with Crippen molar-refractivity contribution in [2.75, 3.05) is 41.3 Å². The highest BCUT2D eigenvalue weighted by Crippen LogP contribution is 2.40. The Morgan fingerprint density at radius 3 is 1.84 bits per heavy atom. The Morgan fingerprint density at radius 1 is 0.844 bits per heavy atom. The van der Waals surface area contributed by atoms with Crippen LogP contribution in [0.15, 0.2) is 21.7 Å². The Balaban J connectivity index is 2.76. The molecular weight excluding hydrogens is 408 g/mol.